The van der Waals surface area contributed by atoms with E-state index in [1.807, 2.05) is 23.1 Å². The van der Waals surface area contributed by atoms with Crippen molar-refractivity contribution in [1.29, 1.82) is 0 Å². The molecule has 25 heavy (non-hydrogen) atoms. The minimum atomic E-state index is 0.146. The Hall–Kier alpha value is -2.62. The number of fused-ring (bicyclic) bond motifs is 1. The third-order valence-electron chi connectivity index (χ3n) is 4.97. The Morgan fingerprint density at radius 1 is 1.12 bits per heavy atom. The molecule has 1 aliphatic heterocycles. The largest absolute Gasteiger partial charge is 0.328 e. The number of para-hydroxylation sites is 2. The Morgan fingerprint density at radius 2 is 1.88 bits per heavy atom. The van der Waals surface area contributed by atoms with Gasteiger partial charge in [0.2, 0.25) is 5.91 Å². The molecule has 1 amide bonds. The molecule has 0 bridgehead atoms. The number of imidazole rings is 1. The second kappa shape index (κ2) is 6.36. The highest BCUT2D eigenvalue weighted by molar-refractivity contribution is 5.96. The van der Waals surface area contributed by atoms with Crippen molar-refractivity contribution in [3.63, 3.8) is 0 Å². The molecule has 1 saturated heterocycles. The highest BCUT2D eigenvalue weighted by atomic mass is 16.2. The van der Waals surface area contributed by atoms with Gasteiger partial charge in [0.25, 0.3) is 0 Å². The zero-order valence-corrected chi connectivity index (χ0v) is 14.8. The number of carbonyl (C=O) groups is 1. The summed E-state index contributed by atoms with van der Waals surface area (Å²) < 4.78 is 2.30. The normalized spacial score (nSPS) is 17.6. The first-order valence-corrected chi connectivity index (χ1v) is 8.99. The number of benzene rings is 2. The van der Waals surface area contributed by atoms with Crippen LogP contribution in [0, 0.1) is 6.92 Å². The summed E-state index contributed by atoms with van der Waals surface area (Å²) in [5.41, 5.74) is 4.38. The molecule has 1 aromatic heterocycles. The van der Waals surface area contributed by atoms with Crippen LogP contribution in [0.5, 0.6) is 0 Å². The fourth-order valence-corrected chi connectivity index (χ4v) is 3.72. The number of hydrogen-bond donors (Lipinski definition) is 0. The van der Waals surface area contributed by atoms with Crippen LogP contribution in [0.3, 0.4) is 0 Å². The first kappa shape index (κ1) is 15.9. The van der Waals surface area contributed by atoms with E-state index in [9.17, 15) is 4.79 Å². The van der Waals surface area contributed by atoms with Crippen molar-refractivity contribution < 1.29 is 4.79 Å². The number of rotatable bonds is 4. The fraction of sp³-hybridized carbons (Fsp3) is 0.333. The lowest BCUT2D eigenvalue weighted by molar-refractivity contribution is -0.117. The molecule has 0 radical (unpaired) electrons. The van der Waals surface area contributed by atoms with E-state index in [4.69, 9.17) is 4.98 Å². The van der Waals surface area contributed by atoms with Crippen molar-refractivity contribution in [2.45, 2.75) is 39.2 Å². The predicted octanol–water partition coefficient (Wildman–Crippen LogP) is 4.28. The third-order valence-corrected chi connectivity index (χ3v) is 4.97. The topological polar surface area (TPSA) is 38.1 Å². The smallest absolute Gasteiger partial charge is 0.227 e. The number of anilines is 1. The number of amides is 1. The molecular formula is C21H23N3O. The molecule has 4 heteroatoms. The molecule has 0 spiro atoms. The molecule has 2 aromatic carbocycles. The molecule has 0 unspecified atom stereocenters. The Labute approximate surface area is 148 Å². The zero-order chi connectivity index (χ0) is 17.4. The van der Waals surface area contributed by atoms with Gasteiger partial charge in [-0.25, -0.2) is 4.98 Å². The van der Waals surface area contributed by atoms with Crippen molar-refractivity contribution in [3.8, 4) is 0 Å². The quantitative estimate of drug-likeness (QED) is 0.715. The molecule has 0 aliphatic carbocycles. The Morgan fingerprint density at radius 3 is 2.64 bits per heavy atom. The minimum absolute atomic E-state index is 0.146. The van der Waals surface area contributed by atoms with Crippen LogP contribution >= 0.6 is 0 Å². The van der Waals surface area contributed by atoms with Gasteiger partial charge in [-0.15, -0.1) is 0 Å². The van der Waals surface area contributed by atoms with Crippen molar-refractivity contribution in [3.05, 3.63) is 59.9 Å². The maximum Gasteiger partial charge on any atom is 0.227 e. The number of aromatic nitrogens is 2. The summed E-state index contributed by atoms with van der Waals surface area (Å²) in [6.07, 6.45) is 1.58. The minimum Gasteiger partial charge on any atom is -0.328 e. The van der Waals surface area contributed by atoms with E-state index in [0.29, 0.717) is 13.0 Å². The van der Waals surface area contributed by atoms with Crippen molar-refractivity contribution in [2.24, 2.45) is 0 Å². The summed E-state index contributed by atoms with van der Waals surface area (Å²) in [5, 5.41) is 0. The van der Waals surface area contributed by atoms with Crippen LogP contribution in [-0.2, 0) is 11.3 Å². The maximum atomic E-state index is 12.6. The number of carbonyl (C=O) groups excluding carboxylic acids is 1. The molecular weight excluding hydrogens is 310 g/mol. The van der Waals surface area contributed by atoms with E-state index in [0.717, 1.165) is 30.0 Å². The Kier molecular flexibility index (Phi) is 4.04. The van der Waals surface area contributed by atoms with Gasteiger partial charge in [-0.1, -0.05) is 36.8 Å². The maximum absolute atomic E-state index is 12.6. The van der Waals surface area contributed by atoms with Gasteiger partial charge in [-0.2, -0.15) is 0 Å². The van der Waals surface area contributed by atoms with Gasteiger partial charge in [-0.3, -0.25) is 4.79 Å². The SMILES string of the molecule is CCCn1c([C@H]2CC(=O)N(c3ccc(C)cc3)C2)nc2ccccc21. The number of hydrogen-bond acceptors (Lipinski definition) is 2. The second-order valence-electron chi connectivity index (χ2n) is 6.85. The van der Waals surface area contributed by atoms with Crippen LogP contribution in [0.25, 0.3) is 11.0 Å². The lowest BCUT2D eigenvalue weighted by Gasteiger charge is -2.17. The summed E-state index contributed by atoms with van der Waals surface area (Å²) in [6, 6.07) is 16.4. The lowest BCUT2D eigenvalue weighted by atomic mass is 10.1. The molecule has 3 aromatic rings. The van der Waals surface area contributed by atoms with Gasteiger partial charge >= 0.3 is 0 Å². The van der Waals surface area contributed by atoms with Crippen molar-refractivity contribution in [2.75, 3.05) is 11.4 Å². The van der Waals surface area contributed by atoms with Crippen LogP contribution in [-0.4, -0.2) is 22.0 Å². The average molecular weight is 333 g/mol. The lowest BCUT2D eigenvalue weighted by Crippen LogP contribution is -2.24. The van der Waals surface area contributed by atoms with Gasteiger partial charge in [0.15, 0.2) is 0 Å². The highest BCUT2D eigenvalue weighted by Crippen LogP contribution is 2.33. The van der Waals surface area contributed by atoms with Crippen LogP contribution in [0.1, 0.15) is 37.1 Å². The van der Waals surface area contributed by atoms with Gasteiger partial charge in [0.05, 0.1) is 11.0 Å². The number of nitrogens with zero attached hydrogens (tertiary/aromatic N) is 3. The van der Waals surface area contributed by atoms with Crippen LogP contribution in [0.4, 0.5) is 5.69 Å². The summed E-state index contributed by atoms with van der Waals surface area (Å²) in [5.74, 6) is 1.38. The monoisotopic (exact) mass is 333 g/mol. The van der Waals surface area contributed by atoms with Crippen molar-refractivity contribution in [1.82, 2.24) is 9.55 Å². The third kappa shape index (κ3) is 2.82. The molecule has 0 saturated carbocycles. The van der Waals surface area contributed by atoms with Gasteiger partial charge in [0, 0.05) is 31.1 Å². The van der Waals surface area contributed by atoms with Crippen LogP contribution in [0.15, 0.2) is 48.5 Å². The molecule has 1 aliphatic rings. The molecule has 1 fully saturated rings. The molecule has 2 heterocycles. The molecule has 128 valence electrons. The van der Waals surface area contributed by atoms with Gasteiger partial charge in [-0.05, 0) is 37.6 Å². The Balaban J connectivity index is 1.69. The Bertz CT molecular complexity index is 911. The van der Waals surface area contributed by atoms with Gasteiger partial charge in [0.1, 0.15) is 5.82 Å². The van der Waals surface area contributed by atoms with E-state index in [1.165, 1.54) is 11.1 Å². The van der Waals surface area contributed by atoms with E-state index >= 15 is 0 Å². The molecule has 4 rings (SSSR count). The van der Waals surface area contributed by atoms with Crippen molar-refractivity contribution >= 4 is 22.6 Å². The summed E-state index contributed by atoms with van der Waals surface area (Å²) in [6.45, 7) is 5.88. The first-order valence-electron chi connectivity index (χ1n) is 8.99. The molecule has 0 N–H and O–H groups in total. The van der Waals surface area contributed by atoms with Crippen LogP contribution < -0.4 is 4.90 Å². The molecule has 1 atom stereocenters. The highest BCUT2D eigenvalue weighted by Gasteiger charge is 2.34. The average Bonchev–Trinajstić information content (AvgIpc) is 3.17. The summed E-state index contributed by atoms with van der Waals surface area (Å²) in [7, 11) is 0. The van der Waals surface area contributed by atoms with E-state index in [-0.39, 0.29) is 11.8 Å². The number of aryl methyl sites for hydroxylation is 2. The zero-order valence-electron chi connectivity index (χ0n) is 14.8. The standard InChI is InChI=1S/C21H23N3O/c1-3-12-23-19-7-5-4-6-18(19)22-21(23)16-13-20(25)24(14-16)17-10-8-15(2)9-11-17/h4-11,16H,3,12-14H2,1-2H3/t16-/m0/s1. The fourth-order valence-electron chi connectivity index (χ4n) is 3.72. The van der Waals surface area contributed by atoms with Crippen LogP contribution in [0.2, 0.25) is 0 Å². The van der Waals surface area contributed by atoms with E-state index < -0.39 is 0 Å². The first-order chi connectivity index (χ1) is 12.2. The van der Waals surface area contributed by atoms with E-state index in [1.54, 1.807) is 0 Å². The summed E-state index contributed by atoms with van der Waals surface area (Å²) in [4.78, 5) is 19.4. The van der Waals surface area contributed by atoms with E-state index in [2.05, 4.69) is 48.7 Å². The summed E-state index contributed by atoms with van der Waals surface area (Å²) >= 11 is 0. The van der Waals surface area contributed by atoms with Gasteiger partial charge < -0.3 is 9.47 Å². The molecule has 4 nitrogen and oxygen atoms in total. The second-order valence-corrected chi connectivity index (χ2v) is 6.85. The predicted molar refractivity (Wildman–Crippen MR) is 101 cm³/mol.